The van der Waals surface area contributed by atoms with Crippen LogP contribution in [0.1, 0.15) is 45.0 Å². The van der Waals surface area contributed by atoms with Gasteiger partial charge in [0.25, 0.3) is 5.91 Å². The van der Waals surface area contributed by atoms with Crippen molar-refractivity contribution in [3.8, 4) is 5.75 Å². The molecule has 0 atom stereocenters. The standard InChI is InChI=1S/C23H18ClN3O4/c24-14-4-3-12-7-19(15(23(25)30)6-13(12)5-14)31-10-18(28)17-9-27-21-20(17)26-8-16(22(21)29)11-1-2-11/h3-9,11,27H,1-2,10H2,(H2,25,30)(H,26,29). The maximum atomic E-state index is 12.8. The molecule has 1 aliphatic rings. The number of fused-ring (bicyclic) bond motifs is 2. The van der Waals surface area contributed by atoms with Crippen molar-refractivity contribution in [3.63, 3.8) is 0 Å². The summed E-state index contributed by atoms with van der Waals surface area (Å²) in [5.74, 6) is -0.505. The third-order valence-corrected chi connectivity index (χ3v) is 5.82. The van der Waals surface area contributed by atoms with Crippen molar-refractivity contribution in [2.75, 3.05) is 6.61 Å². The van der Waals surface area contributed by atoms with E-state index in [4.69, 9.17) is 22.1 Å². The molecule has 156 valence electrons. The number of Topliss-reactive ketones (excluding diaryl/α,β-unsaturated/α-hetero) is 1. The average Bonchev–Trinajstić information content (AvgIpc) is 3.49. The molecule has 1 saturated carbocycles. The van der Waals surface area contributed by atoms with Crippen molar-refractivity contribution >= 4 is 45.1 Å². The Morgan fingerprint density at radius 2 is 1.81 bits per heavy atom. The second kappa shape index (κ2) is 7.28. The summed E-state index contributed by atoms with van der Waals surface area (Å²) in [4.78, 5) is 43.4. The molecule has 5 rings (SSSR count). The highest BCUT2D eigenvalue weighted by molar-refractivity contribution is 6.31. The molecule has 4 aromatic rings. The first kappa shape index (κ1) is 19.4. The van der Waals surface area contributed by atoms with Crippen LogP contribution >= 0.6 is 11.6 Å². The van der Waals surface area contributed by atoms with Crippen molar-refractivity contribution < 1.29 is 14.3 Å². The van der Waals surface area contributed by atoms with Gasteiger partial charge in [-0.1, -0.05) is 17.7 Å². The second-order valence-electron chi connectivity index (χ2n) is 7.72. The fourth-order valence-corrected chi connectivity index (χ4v) is 3.99. The minimum atomic E-state index is -0.673. The van der Waals surface area contributed by atoms with Crippen LogP contribution in [0.3, 0.4) is 0 Å². The summed E-state index contributed by atoms with van der Waals surface area (Å²) in [6, 6.07) is 8.47. The van der Waals surface area contributed by atoms with Crippen LogP contribution in [0.25, 0.3) is 21.8 Å². The summed E-state index contributed by atoms with van der Waals surface area (Å²) in [7, 11) is 0. The molecule has 0 radical (unpaired) electrons. The van der Waals surface area contributed by atoms with Crippen molar-refractivity contribution in [2.24, 2.45) is 5.73 Å². The normalized spacial score (nSPS) is 13.6. The highest BCUT2D eigenvalue weighted by atomic mass is 35.5. The number of H-pyrrole nitrogens is 2. The minimum Gasteiger partial charge on any atom is -0.485 e. The molecule has 1 fully saturated rings. The zero-order valence-corrected chi connectivity index (χ0v) is 17.1. The first-order valence-electron chi connectivity index (χ1n) is 9.84. The number of nitrogens with two attached hydrogens (primary N) is 1. The average molecular weight is 436 g/mol. The lowest BCUT2D eigenvalue weighted by atomic mass is 10.1. The number of aromatic amines is 2. The lowest BCUT2D eigenvalue weighted by molar-refractivity contribution is 0.0913. The Kier molecular flexibility index (Phi) is 4.55. The highest BCUT2D eigenvalue weighted by Crippen LogP contribution is 2.38. The van der Waals surface area contributed by atoms with E-state index in [1.165, 1.54) is 6.20 Å². The number of halogens is 1. The number of hydrogen-bond donors (Lipinski definition) is 3. The number of pyridine rings is 1. The van der Waals surface area contributed by atoms with Gasteiger partial charge in [-0.15, -0.1) is 0 Å². The molecule has 0 saturated heterocycles. The Hall–Kier alpha value is -3.58. The number of rotatable bonds is 6. The third kappa shape index (κ3) is 3.47. The Bertz CT molecular complexity index is 1430. The van der Waals surface area contributed by atoms with E-state index >= 15 is 0 Å². The van der Waals surface area contributed by atoms with Gasteiger partial charge in [-0.05, 0) is 53.8 Å². The molecule has 2 heterocycles. The number of carbonyl (C=O) groups excluding carboxylic acids is 2. The van der Waals surface area contributed by atoms with Gasteiger partial charge >= 0.3 is 0 Å². The van der Waals surface area contributed by atoms with Crippen molar-refractivity contribution in [1.82, 2.24) is 9.97 Å². The molecule has 0 unspecified atom stereocenters. The Morgan fingerprint density at radius 1 is 1.03 bits per heavy atom. The Labute approximate surface area is 181 Å². The molecular formula is C23H18ClN3O4. The van der Waals surface area contributed by atoms with E-state index in [2.05, 4.69) is 9.97 Å². The van der Waals surface area contributed by atoms with E-state index in [1.807, 2.05) is 0 Å². The van der Waals surface area contributed by atoms with Gasteiger partial charge in [0.15, 0.2) is 6.61 Å². The number of amides is 1. The molecule has 8 heteroatoms. The van der Waals surface area contributed by atoms with Gasteiger partial charge in [-0.3, -0.25) is 14.4 Å². The zero-order chi connectivity index (χ0) is 21.7. The molecule has 1 amide bonds. The van der Waals surface area contributed by atoms with Gasteiger partial charge in [0.1, 0.15) is 11.3 Å². The number of aromatic nitrogens is 2. The number of carbonyl (C=O) groups is 2. The smallest absolute Gasteiger partial charge is 0.252 e. The predicted molar refractivity (Wildman–Crippen MR) is 118 cm³/mol. The number of hydrogen-bond acceptors (Lipinski definition) is 4. The van der Waals surface area contributed by atoms with Crippen LogP contribution in [0.15, 0.2) is 47.5 Å². The van der Waals surface area contributed by atoms with E-state index < -0.39 is 5.91 Å². The topological polar surface area (TPSA) is 118 Å². The monoisotopic (exact) mass is 435 g/mol. The summed E-state index contributed by atoms with van der Waals surface area (Å²) >= 11 is 6.02. The molecule has 0 aliphatic heterocycles. The van der Waals surface area contributed by atoms with Crippen LogP contribution in [0.4, 0.5) is 0 Å². The van der Waals surface area contributed by atoms with Gasteiger partial charge < -0.3 is 20.4 Å². The quantitative estimate of drug-likeness (QED) is 0.398. The Balaban J connectivity index is 1.44. The van der Waals surface area contributed by atoms with Crippen molar-refractivity contribution in [3.05, 3.63) is 74.7 Å². The van der Waals surface area contributed by atoms with Crippen molar-refractivity contribution in [1.29, 1.82) is 0 Å². The van der Waals surface area contributed by atoms with Crippen LogP contribution in [0.5, 0.6) is 5.75 Å². The maximum absolute atomic E-state index is 12.8. The number of ether oxygens (including phenoxy) is 1. The predicted octanol–water partition coefficient (Wildman–Crippen LogP) is 3.90. The lowest BCUT2D eigenvalue weighted by Gasteiger charge is -2.11. The van der Waals surface area contributed by atoms with E-state index in [1.54, 1.807) is 36.5 Å². The van der Waals surface area contributed by atoms with E-state index in [-0.39, 0.29) is 29.1 Å². The molecule has 4 N–H and O–H groups in total. The van der Waals surface area contributed by atoms with Crippen LogP contribution in [0.2, 0.25) is 5.02 Å². The molecule has 2 aromatic carbocycles. The maximum Gasteiger partial charge on any atom is 0.252 e. The van der Waals surface area contributed by atoms with Gasteiger partial charge in [-0.25, -0.2) is 0 Å². The summed E-state index contributed by atoms with van der Waals surface area (Å²) in [6.07, 6.45) is 5.21. The number of ketones is 1. The van der Waals surface area contributed by atoms with Crippen LogP contribution in [-0.4, -0.2) is 28.3 Å². The number of primary amides is 1. The fraction of sp³-hybridized carbons (Fsp3) is 0.174. The molecule has 2 aromatic heterocycles. The minimum absolute atomic E-state index is 0.0829. The summed E-state index contributed by atoms with van der Waals surface area (Å²) in [5.41, 5.74) is 7.47. The molecule has 0 spiro atoms. The Morgan fingerprint density at radius 3 is 2.55 bits per heavy atom. The van der Waals surface area contributed by atoms with E-state index in [0.29, 0.717) is 27.5 Å². The van der Waals surface area contributed by atoms with Crippen LogP contribution in [0, 0.1) is 0 Å². The summed E-state index contributed by atoms with van der Waals surface area (Å²) in [5, 5.41) is 2.06. The third-order valence-electron chi connectivity index (χ3n) is 5.58. The van der Waals surface area contributed by atoms with Gasteiger partial charge in [0, 0.05) is 23.0 Å². The number of nitrogens with one attached hydrogen (secondary N) is 2. The van der Waals surface area contributed by atoms with Crippen LogP contribution < -0.4 is 15.9 Å². The summed E-state index contributed by atoms with van der Waals surface area (Å²) < 4.78 is 5.68. The first-order chi connectivity index (χ1) is 14.9. The summed E-state index contributed by atoms with van der Waals surface area (Å²) in [6.45, 7) is -0.321. The van der Waals surface area contributed by atoms with Gasteiger partial charge in [0.2, 0.25) is 11.2 Å². The lowest BCUT2D eigenvalue weighted by Crippen LogP contribution is -2.17. The first-order valence-corrected chi connectivity index (χ1v) is 10.2. The van der Waals surface area contributed by atoms with Crippen molar-refractivity contribution in [2.45, 2.75) is 18.8 Å². The molecule has 0 bridgehead atoms. The second-order valence-corrected chi connectivity index (χ2v) is 8.15. The fourth-order valence-electron chi connectivity index (χ4n) is 3.81. The largest absolute Gasteiger partial charge is 0.485 e. The van der Waals surface area contributed by atoms with Gasteiger partial charge in [0.05, 0.1) is 16.6 Å². The SMILES string of the molecule is NC(=O)c1cc2cc(Cl)ccc2cc1OCC(=O)c1c[nH]c2c(=O)c(C3CC3)c[nH]c12. The molecule has 7 nitrogen and oxygen atoms in total. The van der Waals surface area contributed by atoms with E-state index in [0.717, 1.165) is 29.2 Å². The molecular weight excluding hydrogens is 418 g/mol. The van der Waals surface area contributed by atoms with E-state index in [9.17, 15) is 14.4 Å². The zero-order valence-electron chi connectivity index (χ0n) is 16.3. The highest BCUT2D eigenvalue weighted by Gasteiger charge is 2.28. The van der Waals surface area contributed by atoms with Crippen LogP contribution in [-0.2, 0) is 0 Å². The molecule has 31 heavy (non-hydrogen) atoms. The van der Waals surface area contributed by atoms with Gasteiger partial charge in [-0.2, -0.15) is 0 Å². The number of benzene rings is 2. The molecule has 1 aliphatic carbocycles.